The van der Waals surface area contributed by atoms with E-state index < -0.39 is 5.41 Å². The van der Waals surface area contributed by atoms with Gasteiger partial charge in [0.2, 0.25) is 0 Å². The van der Waals surface area contributed by atoms with E-state index in [2.05, 4.69) is 9.97 Å². The van der Waals surface area contributed by atoms with Gasteiger partial charge in [0.05, 0.1) is 19.0 Å². The predicted molar refractivity (Wildman–Crippen MR) is 73.8 cm³/mol. The lowest BCUT2D eigenvalue weighted by molar-refractivity contribution is -0.146. The number of esters is 1. The van der Waals surface area contributed by atoms with Crippen LogP contribution in [0.1, 0.15) is 25.2 Å². The molecule has 100 valence electrons. The Morgan fingerprint density at radius 1 is 1.32 bits per heavy atom. The monoisotopic (exact) mass is 258 g/mol. The number of H-pyrrole nitrogens is 1. The molecule has 0 radical (unpaired) electrons. The quantitative estimate of drug-likeness (QED) is 0.861. The maximum Gasteiger partial charge on any atom is 0.318 e. The van der Waals surface area contributed by atoms with E-state index >= 15 is 0 Å². The summed E-state index contributed by atoms with van der Waals surface area (Å²) in [7, 11) is 1.38. The molecule has 2 aromatic rings. The number of imidazole rings is 1. The maximum absolute atomic E-state index is 11.8. The zero-order valence-corrected chi connectivity index (χ0v) is 11.7. The minimum atomic E-state index is -0.782. The summed E-state index contributed by atoms with van der Waals surface area (Å²) in [5.41, 5.74) is 2.37. The molecule has 0 atom stereocenters. The number of carbonyl (C=O) groups is 1. The van der Waals surface area contributed by atoms with Crippen LogP contribution < -0.4 is 0 Å². The lowest BCUT2D eigenvalue weighted by Gasteiger charge is -2.18. The van der Waals surface area contributed by atoms with Crippen LogP contribution in [0.2, 0.25) is 0 Å². The summed E-state index contributed by atoms with van der Waals surface area (Å²) in [6.07, 6.45) is 1.75. The normalized spacial score (nSPS) is 11.4. The van der Waals surface area contributed by atoms with Crippen LogP contribution in [0, 0.1) is 6.92 Å². The number of aryl methyl sites for hydroxylation is 1. The van der Waals surface area contributed by atoms with Crippen molar-refractivity contribution >= 4 is 5.97 Å². The van der Waals surface area contributed by atoms with E-state index in [1.807, 2.05) is 31.2 Å². The molecule has 0 saturated carbocycles. The molecule has 1 N–H and O–H groups in total. The summed E-state index contributed by atoms with van der Waals surface area (Å²) < 4.78 is 4.81. The van der Waals surface area contributed by atoms with Gasteiger partial charge in [0.1, 0.15) is 11.2 Å². The highest BCUT2D eigenvalue weighted by Crippen LogP contribution is 2.26. The Bertz CT molecular complexity index is 600. The SMILES string of the molecule is COC(=O)C(C)(C)c1ncc(-c2ccccc2C)[nH]1. The fourth-order valence-electron chi connectivity index (χ4n) is 2.00. The van der Waals surface area contributed by atoms with Gasteiger partial charge >= 0.3 is 5.97 Å². The largest absolute Gasteiger partial charge is 0.468 e. The molecule has 2 rings (SSSR count). The molecule has 0 aliphatic heterocycles. The zero-order valence-electron chi connectivity index (χ0n) is 11.7. The average Bonchev–Trinajstić information content (AvgIpc) is 2.88. The Balaban J connectivity index is 2.40. The van der Waals surface area contributed by atoms with Gasteiger partial charge in [0.25, 0.3) is 0 Å². The van der Waals surface area contributed by atoms with Crippen LogP contribution in [0.3, 0.4) is 0 Å². The highest BCUT2D eigenvalue weighted by molar-refractivity contribution is 5.81. The summed E-state index contributed by atoms with van der Waals surface area (Å²) >= 11 is 0. The molecule has 4 nitrogen and oxygen atoms in total. The van der Waals surface area contributed by atoms with Gasteiger partial charge < -0.3 is 9.72 Å². The lowest BCUT2D eigenvalue weighted by Crippen LogP contribution is -2.31. The Labute approximate surface area is 112 Å². The van der Waals surface area contributed by atoms with Crippen molar-refractivity contribution in [3.63, 3.8) is 0 Å². The van der Waals surface area contributed by atoms with Crippen molar-refractivity contribution in [2.24, 2.45) is 0 Å². The van der Waals surface area contributed by atoms with Gasteiger partial charge in [-0.3, -0.25) is 4.79 Å². The first-order chi connectivity index (χ1) is 8.96. The van der Waals surface area contributed by atoms with E-state index in [1.54, 1.807) is 20.0 Å². The van der Waals surface area contributed by atoms with Crippen LogP contribution in [-0.2, 0) is 14.9 Å². The second kappa shape index (κ2) is 4.88. The lowest BCUT2D eigenvalue weighted by atomic mass is 9.93. The number of hydrogen-bond donors (Lipinski definition) is 1. The third-order valence-corrected chi connectivity index (χ3v) is 3.30. The third kappa shape index (κ3) is 2.38. The Morgan fingerprint density at radius 3 is 2.63 bits per heavy atom. The van der Waals surface area contributed by atoms with Crippen LogP contribution in [0.15, 0.2) is 30.5 Å². The fourth-order valence-corrected chi connectivity index (χ4v) is 2.00. The molecule has 0 unspecified atom stereocenters. The van der Waals surface area contributed by atoms with Crippen LogP contribution >= 0.6 is 0 Å². The van der Waals surface area contributed by atoms with Crippen LogP contribution in [0.25, 0.3) is 11.3 Å². The number of ether oxygens (including phenoxy) is 1. The standard InChI is InChI=1S/C15H18N2O2/c1-10-7-5-6-8-11(10)12-9-16-13(17-12)15(2,3)14(18)19-4/h5-9H,1-4H3,(H,16,17). The van der Waals surface area contributed by atoms with Crippen molar-refractivity contribution in [2.75, 3.05) is 7.11 Å². The van der Waals surface area contributed by atoms with Crippen molar-refractivity contribution in [2.45, 2.75) is 26.2 Å². The van der Waals surface area contributed by atoms with Crippen molar-refractivity contribution in [3.05, 3.63) is 41.9 Å². The molecule has 0 fully saturated rings. The second-order valence-corrected chi connectivity index (χ2v) is 5.08. The Hall–Kier alpha value is -2.10. The number of methoxy groups -OCH3 is 1. The number of carbonyl (C=O) groups excluding carboxylic acids is 1. The Kier molecular flexibility index (Phi) is 3.42. The first-order valence-electron chi connectivity index (χ1n) is 6.16. The number of benzene rings is 1. The summed E-state index contributed by atoms with van der Waals surface area (Å²) in [6.45, 7) is 5.62. The molecule has 4 heteroatoms. The van der Waals surface area contributed by atoms with E-state index in [9.17, 15) is 4.79 Å². The van der Waals surface area contributed by atoms with Crippen molar-refractivity contribution in [3.8, 4) is 11.3 Å². The van der Waals surface area contributed by atoms with E-state index in [0.29, 0.717) is 5.82 Å². The molecular weight excluding hydrogens is 240 g/mol. The Morgan fingerprint density at radius 2 is 2.00 bits per heavy atom. The van der Waals surface area contributed by atoms with Gasteiger partial charge in [0, 0.05) is 5.56 Å². The molecular formula is C15H18N2O2. The minimum absolute atomic E-state index is 0.307. The molecule has 0 amide bonds. The number of nitrogens with one attached hydrogen (secondary N) is 1. The molecule has 0 saturated heterocycles. The number of aromatic nitrogens is 2. The van der Waals surface area contributed by atoms with E-state index in [-0.39, 0.29) is 5.97 Å². The first kappa shape index (κ1) is 13.3. The molecule has 1 heterocycles. The van der Waals surface area contributed by atoms with E-state index in [1.165, 1.54) is 7.11 Å². The number of aromatic amines is 1. The van der Waals surface area contributed by atoms with Crippen molar-refractivity contribution < 1.29 is 9.53 Å². The predicted octanol–water partition coefficient (Wildman–Crippen LogP) is 2.84. The van der Waals surface area contributed by atoms with E-state index in [0.717, 1.165) is 16.8 Å². The van der Waals surface area contributed by atoms with Gasteiger partial charge in [-0.25, -0.2) is 4.98 Å². The third-order valence-electron chi connectivity index (χ3n) is 3.30. The topological polar surface area (TPSA) is 55.0 Å². The van der Waals surface area contributed by atoms with Crippen LogP contribution in [0.4, 0.5) is 0 Å². The van der Waals surface area contributed by atoms with Gasteiger partial charge in [-0.2, -0.15) is 0 Å². The maximum atomic E-state index is 11.8. The summed E-state index contributed by atoms with van der Waals surface area (Å²) in [6, 6.07) is 8.04. The highest BCUT2D eigenvalue weighted by atomic mass is 16.5. The molecule has 19 heavy (non-hydrogen) atoms. The van der Waals surface area contributed by atoms with Gasteiger partial charge in [-0.15, -0.1) is 0 Å². The fraction of sp³-hybridized carbons (Fsp3) is 0.333. The molecule has 0 aliphatic carbocycles. The zero-order chi connectivity index (χ0) is 14.0. The summed E-state index contributed by atoms with van der Waals surface area (Å²) in [5.74, 6) is 0.302. The molecule has 0 bridgehead atoms. The molecule has 0 aliphatic rings. The first-order valence-corrected chi connectivity index (χ1v) is 6.16. The highest BCUT2D eigenvalue weighted by Gasteiger charge is 2.34. The number of rotatable bonds is 3. The second-order valence-electron chi connectivity index (χ2n) is 5.08. The van der Waals surface area contributed by atoms with Gasteiger partial charge in [0.15, 0.2) is 0 Å². The number of hydrogen-bond acceptors (Lipinski definition) is 3. The number of nitrogens with zero attached hydrogens (tertiary/aromatic N) is 1. The minimum Gasteiger partial charge on any atom is -0.468 e. The van der Waals surface area contributed by atoms with Crippen LogP contribution in [-0.4, -0.2) is 23.0 Å². The van der Waals surface area contributed by atoms with Crippen LogP contribution in [0.5, 0.6) is 0 Å². The van der Waals surface area contributed by atoms with Crippen molar-refractivity contribution in [1.82, 2.24) is 9.97 Å². The van der Waals surface area contributed by atoms with E-state index in [4.69, 9.17) is 4.74 Å². The van der Waals surface area contributed by atoms with Gasteiger partial charge in [-0.1, -0.05) is 24.3 Å². The smallest absolute Gasteiger partial charge is 0.318 e. The van der Waals surface area contributed by atoms with Gasteiger partial charge in [-0.05, 0) is 26.3 Å². The van der Waals surface area contributed by atoms with Crippen molar-refractivity contribution in [1.29, 1.82) is 0 Å². The molecule has 0 spiro atoms. The molecule has 1 aromatic carbocycles. The summed E-state index contributed by atoms with van der Waals surface area (Å²) in [5, 5.41) is 0. The molecule has 1 aromatic heterocycles. The average molecular weight is 258 g/mol. The summed E-state index contributed by atoms with van der Waals surface area (Å²) in [4.78, 5) is 19.3.